The smallest absolute Gasteiger partial charge is 0.255 e. The van der Waals surface area contributed by atoms with Crippen molar-refractivity contribution in [3.63, 3.8) is 0 Å². The molecule has 1 aromatic carbocycles. The van der Waals surface area contributed by atoms with Crippen LogP contribution in [-0.4, -0.2) is 28.6 Å². The molecule has 1 atom stereocenters. The molecule has 2 heterocycles. The summed E-state index contributed by atoms with van der Waals surface area (Å²) in [5, 5.41) is 3.56. The van der Waals surface area contributed by atoms with Gasteiger partial charge in [-0.25, -0.2) is 4.98 Å². The fourth-order valence-electron chi connectivity index (χ4n) is 2.61. The van der Waals surface area contributed by atoms with E-state index in [2.05, 4.69) is 14.9 Å². The number of amides is 1. The van der Waals surface area contributed by atoms with Crippen LogP contribution in [0.5, 0.6) is 5.75 Å². The number of ether oxygens (including phenoxy) is 1. The Bertz CT molecular complexity index is 669. The van der Waals surface area contributed by atoms with Gasteiger partial charge in [0.1, 0.15) is 11.6 Å². The lowest BCUT2D eigenvalue weighted by atomic mass is 10.1. The van der Waals surface area contributed by atoms with Gasteiger partial charge in [0.2, 0.25) is 0 Å². The van der Waals surface area contributed by atoms with Crippen molar-refractivity contribution in [2.45, 2.75) is 25.4 Å². The Morgan fingerprint density at radius 3 is 3.19 bits per heavy atom. The fraction of sp³-hybridized carbons (Fsp3) is 0.333. The van der Waals surface area contributed by atoms with E-state index >= 15 is 0 Å². The van der Waals surface area contributed by atoms with Crippen molar-refractivity contribution in [3.05, 3.63) is 47.0 Å². The van der Waals surface area contributed by atoms with Gasteiger partial charge in [0.15, 0.2) is 0 Å². The number of carbonyl (C=O) groups excluding carboxylic acids is 1. The quantitative estimate of drug-likeness (QED) is 0.946. The van der Waals surface area contributed by atoms with E-state index in [1.54, 1.807) is 31.5 Å². The van der Waals surface area contributed by atoms with Crippen molar-refractivity contribution < 1.29 is 9.53 Å². The minimum absolute atomic E-state index is 0.0860. The molecule has 6 heteroatoms. The average Bonchev–Trinajstić information content (AvgIpc) is 2.94. The highest BCUT2D eigenvalue weighted by atomic mass is 35.5. The van der Waals surface area contributed by atoms with Crippen LogP contribution < -0.4 is 10.1 Å². The molecule has 1 aliphatic heterocycles. The average molecular weight is 306 g/mol. The molecule has 1 aliphatic rings. The first-order chi connectivity index (χ1) is 10.2. The van der Waals surface area contributed by atoms with E-state index in [4.69, 9.17) is 16.3 Å². The number of fused-ring (bicyclic) bond motifs is 1. The Kier molecular flexibility index (Phi) is 3.84. The normalized spacial score (nSPS) is 17.1. The molecule has 0 bridgehead atoms. The molecule has 0 saturated heterocycles. The molecule has 1 amide bonds. The Balaban J connectivity index is 1.74. The van der Waals surface area contributed by atoms with Gasteiger partial charge in [0.25, 0.3) is 5.91 Å². The number of benzene rings is 1. The minimum Gasteiger partial charge on any atom is -0.496 e. The fourth-order valence-corrected chi connectivity index (χ4v) is 2.78. The van der Waals surface area contributed by atoms with Crippen molar-refractivity contribution in [2.24, 2.45) is 0 Å². The number of hydrogen-bond donors (Lipinski definition) is 1. The highest BCUT2D eigenvalue weighted by Crippen LogP contribution is 2.23. The third-order valence-corrected chi connectivity index (χ3v) is 3.91. The number of carbonyl (C=O) groups is 1. The minimum atomic E-state index is -0.164. The van der Waals surface area contributed by atoms with E-state index in [1.165, 1.54) is 0 Å². The number of imidazole rings is 1. The summed E-state index contributed by atoms with van der Waals surface area (Å²) in [7, 11) is 1.54. The van der Waals surface area contributed by atoms with E-state index in [9.17, 15) is 4.79 Å². The molecule has 5 nitrogen and oxygen atoms in total. The molecule has 0 saturated carbocycles. The van der Waals surface area contributed by atoms with Gasteiger partial charge >= 0.3 is 0 Å². The molecule has 110 valence electrons. The zero-order valence-electron chi connectivity index (χ0n) is 11.7. The van der Waals surface area contributed by atoms with Crippen LogP contribution in [0.25, 0.3) is 0 Å². The number of nitrogens with one attached hydrogen (secondary N) is 1. The molecular formula is C15H16ClN3O2. The van der Waals surface area contributed by atoms with Gasteiger partial charge in [-0.3, -0.25) is 4.79 Å². The van der Waals surface area contributed by atoms with Gasteiger partial charge in [-0.05, 0) is 24.6 Å². The maximum absolute atomic E-state index is 12.4. The summed E-state index contributed by atoms with van der Waals surface area (Å²) in [6.07, 6.45) is 5.48. The van der Waals surface area contributed by atoms with Crippen LogP contribution in [0.3, 0.4) is 0 Å². The van der Waals surface area contributed by atoms with Crippen LogP contribution in [-0.2, 0) is 13.0 Å². The second kappa shape index (κ2) is 5.77. The van der Waals surface area contributed by atoms with E-state index in [0.29, 0.717) is 16.3 Å². The number of rotatable bonds is 3. The lowest BCUT2D eigenvalue weighted by molar-refractivity contribution is 0.0924. The maximum atomic E-state index is 12.4. The first kappa shape index (κ1) is 13.9. The van der Waals surface area contributed by atoms with Crippen LogP contribution in [0.2, 0.25) is 5.02 Å². The predicted molar refractivity (Wildman–Crippen MR) is 79.8 cm³/mol. The third kappa shape index (κ3) is 2.88. The predicted octanol–water partition coefficient (Wildman–Crippen LogP) is 2.29. The molecule has 1 unspecified atom stereocenters. The summed E-state index contributed by atoms with van der Waals surface area (Å²) in [6.45, 7) is 0.740. The van der Waals surface area contributed by atoms with Crippen molar-refractivity contribution in [1.82, 2.24) is 14.9 Å². The second-order valence-corrected chi connectivity index (χ2v) is 5.49. The summed E-state index contributed by atoms with van der Waals surface area (Å²) in [4.78, 5) is 16.7. The van der Waals surface area contributed by atoms with Crippen LogP contribution in [0.15, 0.2) is 30.6 Å². The molecule has 21 heavy (non-hydrogen) atoms. The van der Waals surface area contributed by atoms with Gasteiger partial charge in [-0.2, -0.15) is 0 Å². The summed E-state index contributed by atoms with van der Waals surface area (Å²) in [6, 6.07) is 5.12. The summed E-state index contributed by atoms with van der Waals surface area (Å²) >= 11 is 5.96. The maximum Gasteiger partial charge on any atom is 0.255 e. The summed E-state index contributed by atoms with van der Waals surface area (Å²) < 4.78 is 7.29. The van der Waals surface area contributed by atoms with Gasteiger partial charge in [0, 0.05) is 36.4 Å². The first-order valence-corrected chi connectivity index (χ1v) is 7.19. The molecule has 3 rings (SSSR count). The number of aromatic nitrogens is 2. The highest BCUT2D eigenvalue weighted by molar-refractivity contribution is 6.31. The molecule has 0 aliphatic carbocycles. The molecule has 1 aromatic heterocycles. The van der Waals surface area contributed by atoms with Crippen LogP contribution in [0.1, 0.15) is 22.6 Å². The van der Waals surface area contributed by atoms with Gasteiger partial charge in [0.05, 0.1) is 12.7 Å². The molecular weight excluding hydrogens is 290 g/mol. The van der Waals surface area contributed by atoms with E-state index in [1.807, 2.05) is 6.20 Å². The van der Waals surface area contributed by atoms with E-state index in [-0.39, 0.29) is 11.9 Å². The zero-order chi connectivity index (χ0) is 14.8. The Morgan fingerprint density at radius 1 is 1.52 bits per heavy atom. The van der Waals surface area contributed by atoms with Crippen molar-refractivity contribution in [2.75, 3.05) is 7.11 Å². The Hall–Kier alpha value is -2.01. The number of halogens is 1. The van der Waals surface area contributed by atoms with Crippen LogP contribution in [0.4, 0.5) is 0 Å². The third-order valence-electron chi connectivity index (χ3n) is 3.68. The number of nitrogens with zero attached hydrogens (tertiary/aromatic N) is 2. The molecule has 0 spiro atoms. The molecule has 2 aromatic rings. The molecule has 0 fully saturated rings. The summed E-state index contributed by atoms with van der Waals surface area (Å²) in [5.41, 5.74) is 0.460. The van der Waals surface area contributed by atoms with E-state index in [0.717, 1.165) is 25.2 Å². The van der Waals surface area contributed by atoms with E-state index < -0.39 is 0 Å². The van der Waals surface area contributed by atoms with Crippen molar-refractivity contribution in [3.8, 4) is 5.75 Å². The topological polar surface area (TPSA) is 56.1 Å². The van der Waals surface area contributed by atoms with Crippen molar-refractivity contribution in [1.29, 1.82) is 0 Å². The largest absolute Gasteiger partial charge is 0.496 e. The lowest BCUT2D eigenvalue weighted by Crippen LogP contribution is -2.41. The van der Waals surface area contributed by atoms with Crippen LogP contribution >= 0.6 is 11.6 Å². The monoisotopic (exact) mass is 305 g/mol. The zero-order valence-corrected chi connectivity index (χ0v) is 12.4. The Labute approximate surface area is 127 Å². The number of aryl methyl sites for hydroxylation is 1. The Morgan fingerprint density at radius 2 is 2.38 bits per heavy atom. The van der Waals surface area contributed by atoms with Crippen molar-refractivity contribution >= 4 is 17.5 Å². The molecule has 1 N–H and O–H groups in total. The molecule has 0 radical (unpaired) electrons. The first-order valence-electron chi connectivity index (χ1n) is 6.82. The number of methoxy groups -OCH3 is 1. The standard InChI is InChI=1S/C15H16ClN3O2/c1-21-13-4-2-10(16)8-12(13)15(20)18-11-3-5-14-17-6-7-19(14)9-11/h2,4,6-8,11H,3,5,9H2,1H3,(H,18,20). The van der Waals surface area contributed by atoms with Gasteiger partial charge < -0.3 is 14.6 Å². The SMILES string of the molecule is COc1ccc(Cl)cc1C(=O)NC1CCc2nccn2C1. The second-order valence-electron chi connectivity index (χ2n) is 5.05. The van der Waals surface area contributed by atoms with Gasteiger partial charge in [-0.1, -0.05) is 11.6 Å². The van der Waals surface area contributed by atoms with Gasteiger partial charge in [-0.15, -0.1) is 0 Å². The lowest BCUT2D eigenvalue weighted by Gasteiger charge is -2.25. The van der Waals surface area contributed by atoms with Crippen LogP contribution in [0, 0.1) is 0 Å². The summed E-state index contributed by atoms with van der Waals surface area (Å²) in [5.74, 6) is 1.43. The number of hydrogen-bond acceptors (Lipinski definition) is 3. The highest BCUT2D eigenvalue weighted by Gasteiger charge is 2.22.